The van der Waals surface area contributed by atoms with Crippen molar-refractivity contribution in [2.45, 2.75) is 13.5 Å². The summed E-state index contributed by atoms with van der Waals surface area (Å²) in [5.41, 5.74) is 0.942. The van der Waals surface area contributed by atoms with Gasteiger partial charge in [-0.1, -0.05) is 16.8 Å². The molecule has 108 valence electrons. The van der Waals surface area contributed by atoms with Crippen LogP contribution in [0.4, 0.5) is 0 Å². The summed E-state index contributed by atoms with van der Waals surface area (Å²) in [4.78, 5) is 4.21. The maximum absolute atomic E-state index is 5.90. The third kappa shape index (κ3) is 3.28. The van der Waals surface area contributed by atoms with Gasteiger partial charge in [0.25, 0.3) is 5.89 Å². The zero-order valence-corrected chi connectivity index (χ0v) is 13.3. The molecule has 0 aliphatic heterocycles. The first kappa shape index (κ1) is 14.2. The largest absolute Gasteiger partial charge is 0.483 e. The second-order valence-corrected chi connectivity index (χ2v) is 5.53. The number of halogens is 2. The minimum Gasteiger partial charge on any atom is -0.483 e. The van der Waals surface area contributed by atoms with E-state index < -0.39 is 0 Å². The van der Waals surface area contributed by atoms with Gasteiger partial charge in [0, 0.05) is 5.02 Å². The van der Waals surface area contributed by atoms with Crippen LogP contribution >= 0.6 is 27.5 Å². The summed E-state index contributed by atoms with van der Waals surface area (Å²) < 4.78 is 16.7. The molecule has 0 saturated carbocycles. The van der Waals surface area contributed by atoms with E-state index in [4.69, 9.17) is 25.3 Å². The average molecular weight is 370 g/mol. The lowest BCUT2D eigenvalue weighted by Crippen LogP contribution is -1.97. The highest BCUT2D eigenvalue weighted by molar-refractivity contribution is 9.10. The van der Waals surface area contributed by atoms with Crippen molar-refractivity contribution < 1.29 is 13.7 Å². The molecule has 0 aliphatic rings. The van der Waals surface area contributed by atoms with Crippen LogP contribution in [0, 0.1) is 6.92 Å². The molecule has 2 heterocycles. The number of nitrogens with zero attached hydrogens (tertiary/aromatic N) is 2. The lowest BCUT2D eigenvalue weighted by atomic mass is 10.2. The molecule has 0 radical (unpaired) electrons. The van der Waals surface area contributed by atoms with Crippen LogP contribution in [0.15, 0.2) is 43.9 Å². The minimum absolute atomic E-state index is 0.178. The van der Waals surface area contributed by atoms with Gasteiger partial charge in [-0.15, -0.1) is 0 Å². The van der Waals surface area contributed by atoms with Gasteiger partial charge in [0.1, 0.15) is 5.75 Å². The molecule has 3 aromatic rings. The van der Waals surface area contributed by atoms with Crippen molar-refractivity contribution in [3.05, 3.63) is 51.5 Å². The fourth-order valence-corrected chi connectivity index (χ4v) is 2.30. The van der Waals surface area contributed by atoms with E-state index in [0.29, 0.717) is 27.2 Å². The number of hydrogen-bond acceptors (Lipinski definition) is 5. The fraction of sp³-hybridized carbons (Fsp3) is 0.143. The molecule has 0 aliphatic carbocycles. The van der Waals surface area contributed by atoms with Crippen LogP contribution in [-0.2, 0) is 6.61 Å². The van der Waals surface area contributed by atoms with Gasteiger partial charge in [0.05, 0.1) is 0 Å². The molecule has 0 atom stereocenters. The summed E-state index contributed by atoms with van der Waals surface area (Å²) in [6.07, 6.45) is 0. The number of furan rings is 1. The maximum atomic E-state index is 5.90. The Morgan fingerprint density at radius 3 is 2.86 bits per heavy atom. The van der Waals surface area contributed by atoms with Crippen molar-refractivity contribution in [3.8, 4) is 17.3 Å². The highest BCUT2D eigenvalue weighted by atomic mass is 79.9. The second-order valence-electron chi connectivity index (χ2n) is 4.31. The average Bonchev–Trinajstić information content (AvgIpc) is 3.06. The third-order valence-electron chi connectivity index (χ3n) is 2.75. The Kier molecular flexibility index (Phi) is 3.98. The van der Waals surface area contributed by atoms with Crippen LogP contribution < -0.4 is 4.74 Å². The molecule has 0 spiro atoms. The van der Waals surface area contributed by atoms with E-state index in [1.54, 1.807) is 24.3 Å². The molecule has 1 aromatic carbocycles. The summed E-state index contributed by atoms with van der Waals surface area (Å²) in [7, 11) is 0. The molecule has 0 N–H and O–H groups in total. The quantitative estimate of drug-likeness (QED) is 0.671. The predicted octanol–water partition coefficient (Wildman–Crippen LogP) is 4.63. The van der Waals surface area contributed by atoms with E-state index >= 15 is 0 Å². The van der Waals surface area contributed by atoms with E-state index in [-0.39, 0.29) is 6.61 Å². The molecule has 7 heteroatoms. The molecular formula is C14H10BrClN2O3. The Hall–Kier alpha value is -1.79. The molecule has 0 amide bonds. The van der Waals surface area contributed by atoms with Gasteiger partial charge in [-0.3, -0.25) is 0 Å². The molecule has 2 aromatic heterocycles. The van der Waals surface area contributed by atoms with E-state index in [1.165, 1.54) is 0 Å². The lowest BCUT2D eigenvalue weighted by molar-refractivity contribution is 0.241. The fourth-order valence-electron chi connectivity index (χ4n) is 1.76. The van der Waals surface area contributed by atoms with Crippen molar-refractivity contribution in [3.63, 3.8) is 0 Å². The zero-order chi connectivity index (χ0) is 14.8. The number of ether oxygens (including phenoxy) is 1. The van der Waals surface area contributed by atoms with Crippen LogP contribution in [0.3, 0.4) is 0 Å². The molecular weight excluding hydrogens is 360 g/mol. The molecule has 5 nitrogen and oxygen atoms in total. The van der Waals surface area contributed by atoms with Crippen molar-refractivity contribution in [2.75, 3.05) is 0 Å². The second kappa shape index (κ2) is 5.91. The third-order valence-corrected chi connectivity index (χ3v) is 3.41. The van der Waals surface area contributed by atoms with E-state index in [0.717, 1.165) is 11.3 Å². The van der Waals surface area contributed by atoms with Crippen LogP contribution in [0.25, 0.3) is 11.6 Å². The smallest absolute Gasteiger partial charge is 0.264 e. The van der Waals surface area contributed by atoms with Gasteiger partial charge in [-0.2, -0.15) is 4.98 Å². The first-order valence-electron chi connectivity index (χ1n) is 6.09. The number of hydrogen-bond donors (Lipinski definition) is 0. The lowest BCUT2D eigenvalue weighted by Gasteiger charge is -2.06. The molecule has 3 rings (SSSR count). The summed E-state index contributed by atoms with van der Waals surface area (Å²) >= 11 is 9.12. The Balaban J connectivity index is 1.70. The topological polar surface area (TPSA) is 61.3 Å². The van der Waals surface area contributed by atoms with Crippen molar-refractivity contribution in [2.24, 2.45) is 0 Å². The van der Waals surface area contributed by atoms with Gasteiger partial charge in [-0.25, -0.2) is 0 Å². The molecule has 0 saturated heterocycles. The zero-order valence-electron chi connectivity index (χ0n) is 11.0. The molecule has 21 heavy (non-hydrogen) atoms. The summed E-state index contributed by atoms with van der Waals surface area (Å²) in [5.74, 6) is 2.00. The number of benzene rings is 1. The highest BCUT2D eigenvalue weighted by Crippen LogP contribution is 2.24. The minimum atomic E-state index is 0.178. The summed E-state index contributed by atoms with van der Waals surface area (Å²) in [6.45, 7) is 2.10. The van der Waals surface area contributed by atoms with E-state index in [9.17, 15) is 0 Å². The number of aromatic nitrogens is 2. The molecule has 0 bridgehead atoms. The van der Waals surface area contributed by atoms with Crippen molar-refractivity contribution in [1.82, 2.24) is 10.1 Å². The van der Waals surface area contributed by atoms with E-state index in [2.05, 4.69) is 26.1 Å². The van der Waals surface area contributed by atoms with E-state index in [1.807, 2.05) is 13.0 Å². The molecule has 0 fully saturated rings. The first-order valence-corrected chi connectivity index (χ1v) is 7.26. The van der Waals surface area contributed by atoms with Crippen LogP contribution in [-0.4, -0.2) is 10.1 Å². The van der Waals surface area contributed by atoms with Gasteiger partial charge in [-0.05, 0) is 58.7 Å². The van der Waals surface area contributed by atoms with Crippen molar-refractivity contribution >= 4 is 27.5 Å². The first-order chi connectivity index (χ1) is 10.1. The van der Waals surface area contributed by atoms with Gasteiger partial charge >= 0.3 is 0 Å². The Bertz CT molecular complexity index is 769. The number of aryl methyl sites for hydroxylation is 1. The predicted molar refractivity (Wildman–Crippen MR) is 80.2 cm³/mol. The molecule has 0 unspecified atom stereocenters. The Labute approximate surface area is 134 Å². The summed E-state index contributed by atoms with van der Waals surface area (Å²) in [5, 5.41) is 4.52. The normalized spacial score (nSPS) is 10.8. The van der Waals surface area contributed by atoms with Crippen LogP contribution in [0.2, 0.25) is 5.02 Å². The van der Waals surface area contributed by atoms with Crippen LogP contribution in [0.5, 0.6) is 5.75 Å². The Morgan fingerprint density at radius 1 is 1.29 bits per heavy atom. The highest BCUT2D eigenvalue weighted by Gasteiger charge is 2.13. The standard InChI is InChI=1S/C14H10BrClN2O3/c1-8-6-9(16)2-3-10(8)19-7-13-17-14(18-21-13)11-4-5-12(15)20-11/h2-6H,7H2,1H3. The van der Waals surface area contributed by atoms with Gasteiger partial charge in [0.15, 0.2) is 17.0 Å². The van der Waals surface area contributed by atoms with Gasteiger partial charge in [0.2, 0.25) is 5.82 Å². The van der Waals surface area contributed by atoms with Gasteiger partial charge < -0.3 is 13.7 Å². The monoisotopic (exact) mass is 368 g/mol. The summed E-state index contributed by atoms with van der Waals surface area (Å²) in [6, 6.07) is 8.92. The number of rotatable bonds is 4. The SMILES string of the molecule is Cc1cc(Cl)ccc1OCc1nc(-c2ccc(Br)o2)no1. The Morgan fingerprint density at radius 2 is 2.14 bits per heavy atom. The van der Waals surface area contributed by atoms with Crippen LogP contribution in [0.1, 0.15) is 11.5 Å². The maximum Gasteiger partial charge on any atom is 0.264 e. The van der Waals surface area contributed by atoms with Crippen molar-refractivity contribution in [1.29, 1.82) is 0 Å².